The third-order valence-corrected chi connectivity index (χ3v) is 8.31. The average Bonchev–Trinajstić information content (AvgIpc) is 3.54. The standard InChI is InChI=1S/C37H22N2O2/c40-37-29-21-23(38-31-13-5-1-9-25(31)26-10-2-6-14-32(26)38)17-19-35(29)41-36-20-18-24(22-30(36)37)39-33-15-7-3-11-27(33)28-12-4-8-16-34(28)39/h1-22H. The second-order valence-corrected chi connectivity index (χ2v) is 10.5. The summed E-state index contributed by atoms with van der Waals surface area (Å²) in [6, 6.07) is 45.4. The summed E-state index contributed by atoms with van der Waals surface area (Å²) in [5.74, 6) is 0. The molecule has 0 aliphatic heterocycles. The minimum atomic E-state index is -0.0357. The number of nitrogens with zero attached hydrogens (tertiary/aromatic N) is 2. The quantitative estimate of drug-likeness (QED) is 0.211. The minimum absolute atomic E-state index is 0.0357. The maximum Gasteiger partial charge on any atom is 0.200 e. The molecule has 3 aromatic heterocycles. The Morgan fingerprint density at radius 3 is 1.10 bits per heavy atom. The summed E-state index contributed by atoms with van der Waals surface area (Å²) >= 11 is 0. The van der Waals surface area contributed by atoms with Gasteiger partial charge in [-0.1, -0.05) is 72.8 Å². The van der Waals surface area contributed by atoms with Gasteiger partial charge in [0.05, 0.1) is 32.8 Å². The maximum absolute atomic E-state index is 14.1. The molecule has 4 nitrogen and oxygen atoms in total. The van der Waals surface area contributed by atoms with E-state index >= 15 is 0 Å². The van der Waals surface area contributed by atoms with Crippen LogP contribution in [0.15, 0.2) is 143 Å². The minimum Gasteiger partial charge on any atom is -0.456 e. The highest BCUT2D eigenvalue weighted by atomic mass is 16.3. The predicted molar refractivity (Wildman–Crippen MR) is 169 cm³/mol. The molecule has 0 bridgehead atoms. The predicted octanol–water partition coefficient (Wildman–Crippen LogP) is 9.14. The summed E-state index contributed by atoms with van der Waals surface area (Å²) in [5.41, 5.74) is 7.40. The first kappa shape index (κ1) is 22.2. The summed E-state index contributed by atoms with van der Waals surface area (Å²) in [6.07, 6.45) is 0. The lowest BCUT2D eigenvalue weighted by Crippen LogP contribution is -2.05. The fraction of sp³-hybridized carbons (Fsp3) is 0. The van der Waals surface area contributed by atoms with Crippen molar-refractivity contribution in [2.45, 2.75) is 0 Å². The molecule has 0 atom stereocenters. The van der Waals surface area contributed by atoms with Crippen LogP contribution in [0.4, 0.5) is 0 Å². The normalized spacial score (nSPS) is 12.0. The van der Waals surface area contributed by atoms with Crippen molar-refractivity contribution in [3.05, 3.63) is 144 Å². The summed E-state index contributed by atoms with van der Waals surface area (Å²) in [7, 11) is 0. The van der Waals surface area contributed by atoms with Crippen molar-refractivity contribution in [1.82, 2.24) is 9.13 Å². The fourth-order valence-corrected chi connectivity index (χ4v) is 6.51. The molecule has 0 saturated carbocycles. The first-order valence-corrected chi connectivity index (χ1v) is 13.7. The molecule has 0 radical (unpaired) electrons. The molecule has 0 spiro atoms. The van der Waals surface area contributed by atoms with Crippen molar-refractivity contribution in [2.75, 3.05) is 0 Å². The number of fused-ring (bicyclic) bond motifs is 8. The van der Waals surface area contributed by atoms with Crippen molar-refractivity contribution in [1.29, 1.82) is 0 Å². The van der Waals surface area contributed by atoms with Gasteiger partial charge in [-0.15, -0.1) is 0 Å². The molecule has 6 aromatic carbocycles. The molecular weight excluding hydrogens is 504 g/mol. The third-order valence-electron chi connectivity index (χ3n) is 8.31. The van der Waals surface area contributed by atoms with E-state index in [1.807, 2.05) is 36.4 Å². The summed E-state index contributed by atoms with van der Waals surface area (Å²) < 4.78 is 10.8. The lowest BCUT2D eigenvalue weighted by molar-refractivity contribution is 0.659. The summed E-state index contributed by atoms with van der Waals surface area (Å²) in [6.45, 7) is 0. The molecule has 0 fully saturated rings. The van der Waals surface area contributed by atoms with Crippen LogP contribution in [0.5, 0.6) is 0 Å². The Labute approximate surface area is 233 Å². The van der Waals surface area contributed by atoms with Gasteiger partial charge in [-0.2, -0.15) is 0 Å². The van der Waals surface area contributed by atoms with Gasteiger partial charge in [-0.3, -0.25) is 4.79 Å². The topological polar surface area (TPSA) is 40.1 Å². The number of rotatable bonds is 2. The van der Waals surface area contributed by atoms with Crippen LogP contribution in [0, 0.1) is 0 Å². The number of hydrogen-bond acceptors (Lipinski definition) is 2. The number of hydrogen-bond donors (Lipinski definition) is 0. The van der Waals surface area contributed by atoms with Gasteiger partial charge < -0.3 is 13.6 Å². The van der Waals surface area contributed by atoms with Gasteiger partial charge in [-0.25, -0.2) is 0 Å². The Kier molecular flexibility index (Phi) is 4.44. The molecule has 9 aromatic rings. The first-order chi connectivity index (χ1) is 20.3. The van der Waals surface area contributed by atoms with Gasteiger partial charge in [0.15, 0.2) is 0 Å². The van der Waals surface area contributed by atoms with E-state index < -0.39 is 0 Å². The van der Waals surface area contributed by atoms with Crippen LogP contribution < -0.4 is 5.43 Å². The van der Waals surface area contributed by atoms with Crippen LogP contribution >= 0.6 is 0 Å². The van der Waals surface area contributed by atoms with Gasteiger partial charge in [0, 0.05) is 32.9 Å². The molecule has 0 aliphatic carbocycles. The summed E-state index contributed by atoms with van der Waals surface area (Å²) in [4.78, 5) is 14.1. The van der Waals surface area contributed by atoms with Crippen LogP contribution in [0.2, 0.25) is 0 Å². The summed E-state index contributed by atoms with van der Waals surface area (Å²) in [5, 5.41) is 5.87. The second-order valence-electron chi connectivity index (χ2n) is 10.5. The lowest BCUT2D eigenvalue weighted by atomic mass is 10.1. The number of aromatic nitrogens is 2. The van der Waals surface area contributed by atoms with Crippen LogP contribution in [0.25, 0.3) is 76.9 Å². The van der Waals surface area contributed by atoms with Gasteiger partial charge in [0.2, 0.25) is 5.43 Å². The smallest absolute Gasteiger partial charge is 0.200 e. The van der Waals surface area contributed by atoms with Gasteiger partial charge in [-0.05, 0) is 60.7 Å². The van der Waals surface area contributed by atoms with E-state index in [2.05, 4.69) is 106 Å². The highest BCUT2D eigenvalue weighted by Gasteiger charge is 2.16. The van der Waals surface area contributed by atoms with Crippen molar-refractivity contribution in [3.8, 4) is 11.4 Å². The SMILES string of the molecule is O=c1c2cc(-n3c4ccccc4c4ccccc43)ccc2oc2ccc(-n3c4ccccc4c4ccccc43)cc12. The lowest BCUT2D eigenvalue weighted by Gasteiger charge is -2.11. The zero-order valence-corrected chi connectivity index (χ0v) is 21.9. The largest absolute Gasteiger partial charge is 0.456 e. The molecule has 0 N–H and O–H groups in total. The third kappa shape index (κ3) is 3.07. The van der Waals surface area contributed by atoms with Crippen molar-refractivity contribution >= 4 is 65.6 Å². The van der Waals surface area contributed by atoms with Gasteiger partial charge in [0.25, 0.3) is 0 Å². The Balaban J connectivity index is 1.31. The molecule has 41 heavy (non-hydrogen) atoms. The van der Waals surface area contributed by atoms with Gasteiger partial charge in [0.1, 0.15) is 11.2 Å². The van der Waals surface area contributed by atoms with Crippen LogP contribution in [-0.4, -0.2) is 9.13 Å². The van der Waals surface area contributed by atoms with E-state index in [9.17, 15) is 4.79 Å². The Hall–Kier alpha value is -5.61. The van der Waals surface area contributed by atoms with E-state index in [1.165, 1.54) is 21.5 Å². The highest BCUT2D eigenvalue weighted by molar-refractivity contribution is 6.10. The number of benzene rings is 6. The average molecular weight is 527 g/mol. The molecule has 192 valence electrons. The van der Waals surface area contributed by atoms with Crippen LogP contribution in [0.3, 0.4) is 0 Å². The molecular formula is C37H22N2O2. The second kappa shape index (κ2) is 8.20. The fourth-order valence-electron chi connectivity index (χ4n) is 6.51. The Morgan fingerprint density at radius 2 is 0.732 bits per heavy atom. The first-order valence-electron chi connectivity index (χ1n) is 13.7. The Bertz CT molecular complexity index is 2280. The van der Waals surface area contributed by atoms with E-state index in [1.54, 1.807) is 0 Å². The zero-order chi connectivity index (χ0) is 27.1. The molecule has 0 saturated heterocycles. The molecule has 9 rings (SSSR count). The van der Waals surface area contributed by atoms with Crippen LogP contribution in [0.1, 0.15) is 0 Å². The monoisotopic (exact) mass is 526 g/mol. The van der Waals surface area contributed by atoms with E-state index in [4.69, 9.17) is 4.42 Å². The molecule has 0 unspecified atom stereocenters. The van der Waals surface area contributed by atoms with E-state index in [0.29, 0.717) is 21.9 Å². The molecule has 0 amide bonds. The molecule has 3 heterocycles. The number of para-hydroxylation sites is 4. The maximum atomic E-state index is 14.1. The van der Waals surface area contributed by atoms with Crippen molar-refractivity contribution < 1.29 is 4.42 Å². The van der Waals surface area contributed by atoms with Crippen LogP contribution in [-0.2, 0) is 0 Å². The Morgan fingerprint density at radius 1 is 0.390 bits per heavy atom. The van der Waals surface area contributed by atoms with Gasteiger partial charge >= 0.3 is 0 Å². The zero-order valence-electron chi connectivity index (χ0n) is 21.9. The highest BCUT2D eigenvalue weighted by Crippen LogP contribution is 2.34. The van der Waals surface area contributed by atoms with Crippen molar-refractivity contribution in [3.63, 3.8) is 0 Å². The molecule has 4 heteroatoms. The molecule has 0 aliphatic rings. The van der Waals surface area contributed by atoms with E-state index in [0.717, 1.165) is 33.4 Å². The van der Waals surface area contributed by atoms with E-state index in [-0.39, 0.29) is 5.43 Å². The van der Waals surface area contributed by atoms with Crippen molar-refractivity contribution in [2.24, 2.45) is 0 Å².